The number of H-pyrrole nitrogens is 1. The van der Waals surface area contributed by atoms with E-state index in [0.29, 0.717) is 22.8 Å². The molecule has 0 atom stereocenters. The molecule has 2 aromatic heterocycles. The van der Waals surface area contributed by atoms with Gasteiger partial charge in [0.25, 0.3) is 5.56 Å². The summed E-state index contributed by atoms with van der Waals surface area (Å²) in [6.45, 7) is 3.88. The van der Waals surface area contributed by atoms with Crippen molar-refractivity contribution in [1.29, 1.82) is 0 Å². The minimum absolute atomic E-state index is 0.0275. The van der Waals surface area contributed by atoms with Gasteiger partial charge in [0.1, 0.15) is 5.39 Å². The lowest BCUT2D eigenvalue weighted by atomic mass is 10.1. The lowest BCUT2D eigenvalue weighted by Gasteiger charge is -2.16. The number of ether oxygens (including phenoxy) is 3. The number of nitrogens with zero attached hydrogens (tertiary/aromatic N) is 3. The molecule has 3 rings (SSSR count). The largest absolute Gasteiger partial charge is 0.493 e. The predicted molar refractivity (Wildman–Crippen MR) is 107 cm³/mol. The summed E-state index contributed by atoms with van der Waals surface area (Å²) >= 11 is 0. The van der Waals surface area contributed by atoms with Crippen LogP contribution in [0.1, 0.15) is 13.8 Å². The van der Waals surface area contributed by atoms with Gasteiger partial charge in [0.05, 0.1) is 27.0 Å². The van der Waals surface area contributed by atoms with Crippen LogP contribution in [0, 0.1) is 0 Å². The molecule has 0 amide bonds. The molecule has 0 saturated heterocycles. The van der Waals surface area contributed by atoms with E-state index in [2.05, 4.69) is 9.97 Å². The SMILES string of the molecule is CCn1c(=O)c2c(-c3cc(OC)c(OC)c(OC)c3)[nH]c(=O)nc2n(CC)c1=O. The Labute approximate surface area is 165 Å². The molecule has 0 aliphatic carbocycles. The summed E-state index contributed by atoms with van der Waals surface area (Å²) in [7, 11) is 4.41. The van der Waals surface area contributed by atoms with E-state index in [9.17, 15) is 14.4 Å². The smallest absolute Gasteiger partial charge is 0.347 e. The normalized spacial score (nSPS) is 10.9. The van der Waals surface area contributed by atoms with Gasteiger partial charge < -0.3 is 19.2 Å². The highest BCUT2D eigenvalue weighted by molar-refractivity contribution is 5.90. The monoisotopic (exact) mass is 402 g/mol. The Morgan fingerprint density at radius 1 is 0.931 bits per heavy atom. The van der Waals surface area contributed by atoms with Crippen molar-refractivity contribution < 1.29 is 14.2 Å². The molecule has 0 aliphatic heterocycles. The van der Waals surface area contributed by atoms with Crippen LogP contribution < -0.4 is 31.1 Å². The van der Waals surface area contributed by atoms with E-state index >= 15 is 0 Å². The third kappa shape index (κ3) is 3.16. The fourth-order valence-electron chi connectivity index (χ4n) is 3.32. The third-order valence-electron chi connectivity index (χ3n) is 4.68. The number of aromatic amines is 1. The van der Waals surface area contributed by atoms with Gasteiger partial charge in [-0.15, -0.1) is 0 Å². The Morgan fingerprint density at radius 3 is 2.00 bits per heavy atom. The first-order valence-electron chi connectivity index (χ1n) is 8.99. The maximum Gasteiger partial charge on any atom is 0.347 e. The summed E-state index contributed by atoms with van der Waals surface area (Å²) in [4.78, 5) is 44.5. The van der Waals surface area contributed by atoms with E-state index in [-0.39, 0.29) is 29.8 Å². The average Bonchev–Trinajstić information content (AvgIpc) is 2.72. The van der Waals surface area contributed by atoms with Crippen LogP contribution in [-0.4, -0.2) is 40.4 Å². The van der Waals surface area contributed by atoms with Crippen LogP contribution in [0.15, 0.2) is 26.5 Å². The van der Waals surface area contributed by atoms with Gasteiger partial charge in [-0.2, -0.15) is 4.98 Å². The Morgan fingerprint density at radius 2 is 1.52 bits per heavy atom. The van der Waals surface area contributed by atoms with E-state index in [0.717, 1.165) is 4.57 Å². The summed E-state index contributed by atoms with van der Waals surface area (Å²) in [5, 5.41) is 0.127. The van der Waals surface area contributed by atoms with Crippen molar-refractivity contribution in [2.45, 2.75) is 26.9 Å². The van der Waals surface area contributed by atoms with Gasteiger partial charge in [-0.3, -0.25) is 13.9 Å². The van der Waals surface area contributed by atoms with Crippen molar-refractivity contribution in [3.05, 3.63) is 43.5 Å². The lowest BCUT2D eigenvalue weighted by Crippen LogP contribution is -2.41. The summed E-state index contributed by atoms with van der Waals surface area (Å²) in [6.07, 6.45) is 0. The Hall–Kier alpha value is -3.56. The first-order valence-corrected chi connectivity index (χ1v) is 8.99. The maximum atomic E-state index is 13.1. The van der Waals surface area contributed by atoms with Crippen molar-refractivity contribution in [3.63, 3.8) is 0 Å². The first kappa shape index (κ1) is 20.2. The van der Waals surface area contributed by atoms with E-state index < -0.39 is 16.9 Å². The second kappa shape index (κ2) is 7.82. The molecule has 10 heteroatoms. The van der Waals surface area contributed by atoms with Gasteiger partial charge in [0.15, 0.2) is 17.1 Å². The zero-order valence-corrected chi connectivity index (χ0v) is 16.9. The van der Waals surface area contributed by atoms with E-state index in [1.54, 1.807) is 26.0 Å². The van der Waals surface area contributed by atoms with Crippen molar-refractivity contribution in [3.8, 4) is 28.5 Å². The third-order valence-corrected chi connectivity index (χ3v) is 4.68. The van der Waals surface area contributed by atoms with Crippen LogP contribution in [0.25, 0.3) is 22.3 Å². The average molecular weight is 402 g/mol. The molecule has 29 heavy (non-hydrogen) atoms. The van der Waals surface area contributed by atoms with Crippen molar-refractivity contribution in [1.82, 2.24) is 19.1 Å². The molecular formula is C19H22N4O6. The van der Waals surface area contributed by atoms with Crippen LogP contribution in [-0.2, 0) is 13.1 Å². The number of fused-ring (bicyclic) bond motifs is 1. The fourth-order valence-corrected chi connectivity index (χ4v) is 3.32. The number of rotatable bonds is 6. The van der Waals surface area contributed by atoms with Crippen LogP contribution in [0.4, 0.5) is 0 Å². The topological polar surface area (TPSA) is 117 Å². The molecule has 0 radical (unpaired) electrons. The first-order chi connectivity index (χ1) is 13.9. The number of benzene rings is 1. The number of hydrogen-bond donors (Lipinski definition) is 1. The molecule has 0 unspecified atom stereocenters. The lowest BCUT2D eigenvalue weighted by molar-refractivity contribution is 0.324. The number of nitrogens with one attached hydrogen (secondary N) is 1. The molecule has 1 N–H and O–H groups in total. The zero-order chi connectivity index (χ0) is 21.3. The molecule has 10 nitrogen and oxygen atoms in total. The molecule has 154 valence electrons. The highest BCUT2D eigenvalue weighted by Crippen LogP contribution is 2.41. The second-order valence-corrected chi connectivity index (χ2v) is 6.11. The number of methoxy groups -OCH3 is 3. The van der Waals surface area contributed by atoms with Crippen LogP contribution in [0.3, 0.4) is 0 Å². The van der Waals surface area contributed by atoms with Crippen LogP contribution in [0.5, 0.6) is 17.2 Å². The minimum Gasteiger partial charge on any atom is -0.493 e. The van der Waals surface area contributed by atoms with Crippen molar-refractivity contribution in [2.24, 2.45) is 0 Å². The van der Waals surface area contributed by atoms with Gasteiger partial charge in [-0.25, -0.2) is 9.59 Å². The number of hydrogen-bond acceptors (Lipinski definition) is 7. The molecule has 0 fully saturated rings. The number of aromatic nitrogens is 4. The highest BCUT2D eigenvalue weighted by Gasteiger charge is 2.21. The fraction of sp³-hybridized carbons (Fsp3) is 0.368. The molecular weight excluding hydrogens is 380 g/mol. The van der Waals surface area contributed by atoms with Crippen molar-refractivity contribution >= 4 is 11.0 Å². The second-order valence-electron chi connectivity index (χ2n) is 6.11. The van der Waals surface area contributed by atoms with E-state index in [4.69, 9.17) is 14.2 Å². The molecule has 3 aromatic rings. The van der Waals surface area contributed by atoms with E-state index in [1.165, 1.54) is 25.9 Å². The van der Waals surface area contributed by atoms with Gasteiger partial charge in [-0.05, 0) is 26.0 Å². The Kier molecular flexibility index (Phi) is 5.44. The van der Waals surface area contributed by atoms with Gasteiger partial charge in [0.2, 0.25) is 5.75 Å². The summed E-state index contributed by atoms with van der Waals surface area (Å²) in [5.41, 5.74) is -1.04. The predicted octanol–water partition coefficient (Wildman–Crippen LogP) is 0.979. The minimum atomic E-state index is -0.684. The quantitative estimate of drug-likeness (QED) is 0.653. The standard InChI is InChI=1S/C19H22N4O6/c1-6-22-16-13(17(24)23(7-2)19(22)26)14(20-18(25)21-16)10-8-11(27-3)15(29-5)12(9-10)28-4/h8-9H,6-7H2,1-5H3,(H,20,21,25). The van der Waals surface area contributed by atoms with Crippen LogP contribution in [0.2, 0.25) is 0 Å². The summed E-state index contributed by atoms with van der Waals surface area (Å²) in [5.74, 6) is 1.08. The molecule has 0 aliphatic rings. The zero-order valence-electron chi connectivity index (χ0n) is 16.9. The van der Waals surface area contributed by atoms with Gasteiger partial charge in [-0.1, -0.05) is 0 Å². The number of aryl methyl sites for hydroxylation is 1. The molecule has 0 spiro atoms. The van der Waals surface area contributed by atoms with Gasteiger partial charge in [0, 0.05) is 18.7 Å². The van der Waals surface area contributed by atoms with Crippen molar-refractivity contribution in [2.75, 3.05) is 21.3 Å². The molecule has 2 heterocycles. The Balaban J connectivity index is 2.53. The van der Waals surface area contributed by atoms with Gasteiger partial charge >= 0.3 is 11.4 Å². The van der Waals surface area contributed by atoms with E-state index in [1.807, 2.05) is 0 Å². The molecule has 0 saturated carbocycles. The maximum absolute atomic E-state index is 13.1. The van der Waals surface area contributed by atoms with Crippen LogP contribution >= 0.6 is 0 Å². The Bertz CT molecular complexity index is 1230. The summed E-state index contributed by atoms with van der Waals surface area (Å²) in [6, 6.07) is 3.23. The summed E-state index contributed by atoms with van der Waals surface area (Å²) < 4.78 is 18.5. The molecule has 1 aromatic carbocycles. The molecule has 0 bridgehead atoms. The highest BCUT2D eigenvalue weighted by atomic mass is 16.5.